The van der Waals surface area contributed by atoms with Crippen LogP contribution < -0.4 is 5.32 Å². The fourth-order valence-corrected chi connectivity index (χ4v) is 1.57. The summed E-state index contributed by atoms with van der Waals surface area (Å²) in [5.41, 5.74) is 0. The molecule has 5 nitrogen and oxygen atoms in total. The first-order valence-corrected chi connectivity index (χ1v) is 6.06. The highest BCUT2D eigenvalue weighted by Gasteiger charge is 2.32. The lowest BCUT2D eigenvalue weighted by Crippen LogP contribution is -2.29. The first-order chi connectivity index (χ1) is 6.61. The number of amides is 1. The van der Waals surface area contributed by atoms with Gasteiger partial charge in [-0.2, -0.15) is 0 Å². The Labute approximate surface area is 92.9 Å². The van der Waals surface area contributed by atoms with E-state index in [0.29, 0.717) is 0 Å². The maximum absolute atomic E-state index is 11.1. The normalized spacial score (nSPS) is 13.2. The third-order valence-corrected chi connectivity index (χ3v) is 2.67. The molecule has 0 saturated carbocycles. The van der Waals surface area contributed by atoms with Crippen LogP contribution in [0.3, 0.4) is 0 Å². The molecule has 14 heavy (non-hydrogen) atoms. The number of halogens is 2. The van der Waals surface area contributed by atoms with Crippen LogP contribution in [0.15, 0.2) is 0 Å². The molecule has 0 heterocycles. The number of hydrogen-bond donors (Lipinski definition) is 1. The van der Waals surface area contributed by atoms with Crippen LogP contribution in [0.1, 0.15) is 6.92 Å². The number of rotatable bonds is 6. The molecule has 0 spiro atoms. The molecule has 0 fully saturated rings. The Hall–Kier alpha value is -0.0900. The van der Waals surface area contributed by atoms with E-state index >= 15 is 0 Å². The predicted octanol–water partition coefficient (Wildman–Crippen LogP) is 2.25. The van der Waals surface area contributed by atoms with Gasteiger partial charge in [0.2, 0.25) is 0 Å². The minimum atomic E-state index is -2.17. The highest BCUT2D eigenvalue weighted by Crippen LogP contribution is 2.30. The molecule has 2 unspecified atom stereocenters. The fraction of sp³-hybridized carbons (Fsp3) is 0.833. The van der Waals surface area contributed by atoms with Gasteiger partial charge >= 0.3 is 19.4 Å². The van der Waals surface area contributed by atoms with E-state index in [9.17, 15) is 9.36 Å². The average molecular weight is 263 g/mol. The molecule has 0 aromatic heterocycles. The van der Waals surface area contributed by atoms with Crippen LogP contribution in [-0.4, -0.2) is 30.4 Å². The van der Waals surface area contributed by atoms with Crippen molar-refractivity contribution >= 4 is 37.3 Å². The van der Waals surface area contributed by atoms with Crippen molar-refractivity contribution in [3.63, 3.8) is 0 Å². The van der Waals surface area contributed by atoms with Gasteiger partial charge in [-0.15, -0.1) is 16.1 Å². The van der Waals surface area contributed by atoms with Crippen LogP contribution in [0.2, 0.25) is 0 Å². The third-order valence-electron chi connectivity index (χ3n) is 0.993. The van der Waals surface area contributed by atoms with Crippen LogP contribution in [0, 0.1) is 0 Å². The predicted molar refractivity (Wildman–Crippen MR) is 54.1 cm³/mol. The van der Waals surface area contributed by atoms with E-state index in [1.54, 1.807) is 6.92 Å². The Morgan fingerprint density at radius 2 is 2.29 bits per heavy atom. The van der Waals surface area contributed by atoms with Crippen LogP contribution in [0.25, 0.3) is 0 Å². The Kier molecular flexibility index (Phi) is 8.18. The Bertz CT molecular complexity index is 204. The lowest BCUT2D eigenvalue weighted by molar-refractivity contribution is 0.152. The second kappa shape index (κ2) is 8.24. The minimum Gasteiger partial charge on any atom is -0.450 e. The number of ether oxygens (including phenoxy) is 1. The summed E-state index contributed by atoms with van der Waals surface area (Å²) < 4.78 is 20.3. The van der Waals surface area contributed by atoms with Crippen LogP contribution >= 0.6 is 31.2 Å². The molecule has 0 saturated heterocycles. The number of hydrogen-bond acceptors (Lipinski definition) is 4. The topological polar surface area (TPSA) is 64.6 Å². The first kappa shape index (κ1) is 13.9. The largest absolute Gasteiger partial charge is 0.550 e. The van der Waals surface area contributed by atoms with Gasteiger partial charge < -0.3 is 4.74 Å². The van der Waals surface area contributed by atoms with Crippen molar-refractivity contribution in [3.8, 4) is 0 Å². The van der Waals surface area contributed by atoms with Gasteiger partial charge in [-0.25, -0.2) is 4.79 Å². The second-order valence-corrected chi connectivity index (χ2v) is 4.47. The van der Waals surface area contributed by atoms with Gasteiger partial charge in [-0.1, -0.05) is 0 Å². The third kappa shape index (κ3) is 6.38. The lowest BCUT2D eigenvalue weighted by Gasteiger charge is -2.02. The summed E-state index contributed by atoms with van der Waals surface area (Å²) in [6.45, 7) is 1.98. The molecule has 2 atom stereocenters. The molecule has 0 bridgehead atoms. The highest BCUT2D eigenvalue weighted by atomic mass is 35.5. The molecule has 0 radical (unpaired) electrons. The van der Waals surface area contributed by atoms with Crippen molar-refractivity contribution in [1.29, 1.82) is 0 Å². The molecule has 0 aliphatic heterocycles. The monoisotopic (exact) mass is 262 g/mol. The molecular formula is C6H11Cl2NO4P+. The van der Waals surface area contributed by atoms with E-state index in [2.05, 4.69) is 10.1 Å². The second-order valence-electron chi connectivity index (χ2n) is 2.01. The first-order valence-electron chi connectivity index (χ1n) is 3.84. The van der Waals surface area contributed by atoms with Gasteiger partial charge in [0, 0.05) is 0 Å². The van der Waals surface area contributed by atoms with E-state index in [-0.39, 0.29) is 19.1 Å². The van der Waals surface area contributed by atoms with Crippen molar-refractivity contribution in [2.75, 3.05) is 19.1 Å². The lowest BCUT2D eigenvalue weighted by atomic mass is 10.9. The number of alkyl carbamates (subject to hydrolysis) is 1. The summed E-state index contributed by atoms with van der Waals surface area (Å²) in [5.74, 6) is 0.212. The summed E-state index contributed by atoms with van der Waals surface area (Å²) in [4.78, 5) is 10.8. The average Bonchev–Trinajstić information content (AvgIpc) is 2.14. The van der Waals surface area contributed by atoms with Gasteiger partial charge in [0.25, 0.3) is 0 Å². The van der Waals surface area contributed by atoms with Crippen molar-refractivity contribution in [2.45, 2.75) is 12.2 Å². The van der Waals surface area contributed by atoms with Crippen molar-refractivity contribution in [2.24, 2.45) is 0 Å². The maximum Gasteiger partial charge on any atom is 0.550 e. The van der Waals surface area contributed by atoms with Crippen LogP contribution in [0.5, 0.6) is 0 Å². The molecule has 0 rings (SSSR count). The summed E-state index contributed by atoms with van der Waals surface area (Å²) in [7, 11) is -2.17. The molecule has 0 aromatic rings. The van der Waals surface area contributed by atoms with E-state index in [0.717, 1.165) is 0 Å². The SMILES string of the molecule is CCOC(=O)NC(Cl)[P+](=O)OCCCl. The molecule has 1 N–H and O–H groups in total. The Morgan fingerprint density at radius 1 is 1.64 bits per heavy atom. The molecular weight excluding hydrogens is 252 g/mol. The van der Waals surface area contributed by atoms with Gasteiger partial charge in [-0.3, -0.25) is 5.32 Å². The minimum absolute atomic E-state index is 0.116. The van der Waals surface area contributed by atoms with Gasteiger partial charge in [0.15, 0.2) is 0 Å². The van der Waals surface area contributed by atoms with Gasteiger partial charge in [-0.05, 0) is 23.1 Å². The number of carbonyl (C=O) groups is 1. The molecule has 1 amide bonds. The number of carbonyl (C=O) groups excluding carboxylic acids is 1. The van der Waals surface area contributed by atoms with Gasteiger partial charge in [0.1, 0.15) is 6.61 Å². The van der Waals surface area contributed by atoms with Gasteiger partial charge in [0.05, 0.1) is 12.5 Å². The van der Waals surface area contributed by atoms with E-state index in [1.165, 1.54) is 0 Å². The van der Waals surface area contributed by atoms with E-state index < -0.39 is 19.4 Å². The number of nitrogens with one attached hydrogen (secondary N) is 1. The molecule has 8 heteroatoms. The summed E-state index contributed by atoms with van der Waals surface area (Å²) in [5, 5.41) is 1.04. The zero-order chi connectivity index (χ0) is 11.0. The fourth-order valence-electron chi connectivity index (χ4n) is 0.513. The smallest absolute Gasteiger partial charge is 0.450 e. The standard InChI is InChI=1S/C6H10Cl2NO4P/c1-2-12-6(10)9-5(8)14(11)13-4-3-7/h5H,2-4H2,1H3/p+1. The zero-order valence-corrected chi connectivity index (χ0v) is 9.94. The van der Waals surface area contributed by atoms with E-state index in [1.807, 2.05) is 0 Å². The Morgan fingerprint density at radius 3 is 2.79 bits per heavy atom. The molecule has 0 aromatic carbocycles. The maximum atomic E-state index is 11.1. The van der Waals surface area contributed by atoms with Crippen LogP contribution in [0.4, 0.5) is 4.79 Å². The highest BCUT2D eigenvalue weighted by molar-refractivity contribution is 7.42. The van der Waals surface area contributed by atoms with Crippen molar-refractivity contribution < 1.29 is 18.6 Å². The summed E-state index contributed by atoms with van der Waals surface area (Å²) in [6.07, 6.45) is -0.731. The molecule has 0 aliphatic rings. The zero-order valence-electron chi connectivity index (χ0n) is 7.53. The molecule has 82 valence electrons. The molecule has 0 aliphatic carbocycles. The Balaban J connectivity index is 3.76. The van der Waals surface area contributed by atoms with E-state index in [4.69, 9.17) is 27.7 Å². The summed E-state index contributed by atoms with van der Waals surface area (Å²) >= 11 is 10.8. The van der Waals surface area contributed by atoms with Crippen LogP contribution in [-0.2, 0) is 13.8 Å². The summed E-state index contributed by atoms with van der Waals surface area (Å²) in [6, 6.07) is 0. The van der Waals surface area contributed by atoms with Crippen molar-refractivity contribution in [1.82, 2.24) is 5.32 Å². The number of alkyl halides is 2. The quantitative estimate of drug-likeness (QED) is 0.453. The van der Waals surface area contributed by atoms with Crippen molar-refractivity contribution in [3.05, 3.63) is 0 Å².